The highest BCUT2D eigenvalue weighted by Gasteiger charge is 2.04. The smallest absolute Gasteiger partial charge is 0.0519 e. The number of hydrazine groups is 1. The molecule has 0 bridgehead atoms. The Morgan fingerprint density at radius 2 is 1.53 bits per heavy atom. The van der Waals surface area contributed by atoms with Gasteiger partial charge in [0.1, 0.15) is 0 Å². The Labute approximate surface area is 119 Å². The van der Waals surface area contributed by atoms with Gasteiger partial charge in [-0.05, 0) is 25.0 Å². The van der Waals surface area contributed by atoms with Gasteiger partial charge in [0.05, 0.1) is 5.69 Å². The molecule has 2 heteroatoms. The van der Waals surface area contributed by atoms with Crippen molar-refractivity contribution in [2.75, 3.05) is 18.1 Å². The first-order valence-electron chi connectivity index (χ1n) is 7.94. The molecule has 0 saturated carbocycles. The molecule has 1 aromatic carbocycles. The minimum absolute atomic E-state index is 1.08. The Morgan fingerprint density at radius 3 is 2.21 bits per heavy atom. The van der Waals surface area contributed by atoms with Crippen molar-refractivity contribution in [3.05, 3.63) is 30.3 Å². The van der Waals surface area contributed by atoms with E-state index in [1.165, 1.54) is 50.6 Å². The van der Waals surface area contributed by atoms with E-state index in [1.54, 1.807) is 0 Å². The summed E-state index contributed by atoms with van der Waals surface area (Å²) in [5.74, 6) is 0. The fourth-order valence-corrected chi connectivity index (χ4v) is 2.19. The molecule has 0 aliphatic carbocycles. The number of nitrogens with one attached hydrogen (secondary N) is 1. The largest absolute Gasteiger partial charge is 0.308 e. The van der Waals surface area contributed by atoms with Crippen molar-refractivity contribution in [3.8, 4) is 0 Å². The van der Waals surface area contributed by atoms with Gasteiger partial charge in [0, 0.05) is 13.1 Å². The van der Waals surface area contributed by atoms with E-state index in [4.69, 9.17) is 0 Å². The molecule has 108 valence electrons. The highest BCUT2D eigenvalue weighted by atomic mass is 15.5. The normalized spacial score (nSPS) is 10.6. The third-order valence-corrected chi connectivity index (χ3v) is 3.39. The third-order valence-electron chi connectivity index (χ3n) is 3.39. The van der Waals surface area contributed by atoms with E-state index >= 15 is 0 Å². The van der Waals surface area contributed by atoms with E-state index in [-0.39, 0.29) is 0 Å². The van der Waals surface area contributed by atoms with Crippen LogP contribution in [0.2, 0.25) is 0 Å². The summed E-state index contributed by atoms with van der Waals surface area (Å²) in [5, 5.41) is 2.32. The first-order valence-corrected chi connectivity index (χ1v) is 7.94. The average molecular weight is 262 g/mol. The topological polar surface area (TPSA) is 15.3 Å². The maximum absolute atomic E-state index is 3.58. The summed E-state index contributed by atoms with van der Waals surface area (Å²) in [6, 6.07) is 10.7. The van der Waals surface area contributed by atoms with Crippen molar-refractivity contribution in [2.45, 2.75) is 58.8 Å². The Morgan fingerprint density at radius 1 is 0.842 bits per heavy atom. The molecule has 0 saturated heterocycles. The molecule has 0 aliphatic rings. The molecule has 0 unspecified atom stereocenters. The van der Waals surface area contributed by atoms with Crippen LogP contribution in [0.3, 0.4) is 0 Å². The van der Waals surface area contributed by atoms with Gasteiger partial charge in [0.2, 0.25) is 0 Å². The molecule has 1 N–H and O–H groups in total. The van der Waals surface area contributed by atoms with Crippen LogP contribution in [-0.4, -0.2) is 13.1 Å². The lowest BCUT2D eigenvalue weighted by Gasteiger charge is -2.25. The van der Waals surface area contributed by atoms with Gasteiger partial charge in [-0.1, -0.05) is 64.2 Å². The van der Waals surface area contributed by atoms with Crippen molar-refractivity contribution >= 4 is 5.69 Å². The predicted octanol–water partition coefficient (Wildman–Crippen LogP) is 4.77. The molecule has 1 rings (SSSR count). The van der Waals surface area contributed by atoms with E-state index in [0.717, 1.165) is 13.1 Å². The van der Waals surface area contributed by atoms with Crippen LogP contribution in [0.5, 0.6) is 0 Å². The number of hydrogen-bond acceptors (Lipinski definition) is 2. The minimum atomic E-state index is 1.08. The van der Waals surface area contributed by atoms with Crippen LogP contribution < -0.4 is 10.4 Å². The van der Waals surface area contributed by atoms with Gasteiger partial charge in [-0.25, -0.2) is 5.43 Å². The molecule has 19 heavy (non-hydrogen) atoms. The first-order chi connectivity index (χ1) is 9.38. The molecular weight excluding hydrogens is 232 g/mol. The van der Waals surface area contributed by atoms with E-state index in [0.29, 0.717) is 0 Å². The van der Waals surface area contributed by atoms with Crippen molar-refractivity contribution in [2.24, 2.45) is 0 Å². The van der Waals surface area contributed by atoms with Crippen LogP contribution in [0.1, 0.15) is 58.8 Å². The summed E-state index contributed by atoms with van der Waals surface area (Å²) in [4.78, 5) is 0. The molecule has 0 spiro atoms. The van der Waals surface area contributed by atoms with Crippen LogP contribution in [0.4, 0.5) is 5.69 Å². The van der Waals surface area contributed by atoms with Gasteiger partial charge in [0.15, 0.2) is 0 Å². The Bertz CT molecular complexity index is 285. The summed E-state index contributed by atoms with van der Waals surface area (Å²) in [6.45, 7) is 6.70. The lowest BCUT2D eigenvalue weighted by Crippen LogP contribution is -2.39. The molecule has 0 atom stereocenters. The number of benzene rings is 1. The van der Waals surface area contributed by atoms with Crippen molar-refractivity contribution in [1.82, 2.24) is 5.43 Å². The van der Waals surface area contributed by atoms with Crippen molar-refractivity contribution in [3.63, 3.8) is 0 Å². The minimum Gasteiger partial charge on any atom is -0.308 e. The van der Waals surface area contributed by atoms with Gasteiger partial charge >= 0.3 is 0 Å². The van der Waals surface area contributed by atoms with Gasteiger partial charge in [-0.3, -0.25) is 0 Å². The quantitative estimate of drug-likeness (QED) is 0.456. The molecule has 0 radical (unpaired) electrons. The Hall–Kier alpha value is -1.02. The van der Waals surface area contributed by atoms with Crippen LogP contribution >= 0.6 is 0 Å². The monoisotopic (exact) mass is 262 g/mol. The first kappa shape index (κ1) is 16.0. The zero-order valence-corrected chi connectivity index (χ0v) is 12.7. The van der Waals surface area contributed by atoms with E-state index in [1.807, 2.05) is 0 Å². The lowest BCUT2D eigenvalue weighted by molar-refractivity contribution is 0.554. The zero-order chi connectivity index (χ0) is 13.8. The average Bonchev–Trinajstić information content (AvgIpc) is 2.46. The molecule has 1 aromatic rings. The van der Waals surface area contributed by atoms with Crippen LogP contribution in [0.15, 0.2) is 30.3 Å². The van der Waals surface area contributed by atoms with Gasteiger partial charge in [-0.2, -0.15) is 0 Å². The van der Waals surface area contributed by atoms with Gasteiger partial charge < -0.3 is 5.01 Å². The summed E-state index contributed by atoms with van der Waals surface area (Å²) in [7, 11) is 0. The highest BCUT2D eigenvalue weighted by molar-refractivity contribution is 5.44. The number of para-hydroxylation sites is 1. The van der Waals surface area contributed by atoms with Crippen LogP contribution in [0, 0.1) is 0 Å². The molecule has 0 heterocycles. The second-order valence-electron chi connectivity index (χ2n) is 5.16. The summed E-state index contributed by atoms with van der Waals surface area (Å²) in [5.41, 5.74) is 4.87. The highest BCUT2D eigenvalue weighted by Crippen LogP contribution is 2.12. The van der Waals surface area contributed by atoms with E-state index < -0.39 is 0 Å². The van der Waals surface area contributed by atoms with Gasteiger partial charge in [-0.15, -0.1) is 0 Å². The third kappa shape index (κ3) is 7.22. The molecule has 0 fully saturated rings. The zero-order valence-electron chi connectivity index (χ0n) is 12.7. The fourth-order valence-electron chi connectivity index (χ4n) is 2.19. The molecule has 0 aliphatic heterocycles. The van der Waals surface area contributed by atoms with E-state index in [9.17, 15) is 0 Å². The predicted molar refractivity (Wildman–Crippen MR) is 85.5 cm³/mol. The maximum Gasteiger partial charge on any atom is 0.0519 e. The van der Waals surface area contributed by atoms with Gasteiger partial charge in [0.25, 0.3) is 0 Å². The molecule has 2 nitrogen and oxygen atoms in total. The number of hydrogen-bond donors (Lipinski definition) is 1. The van der Waals surface area contributed by atoms with Crippen LogP contribution in [0.25, 0.3) is 0 Å². The lowest BCUT2D eigenvalue weighted by atomic mass is 10.2. The number of unbranched alkanes of at least 4 members (excludes halogenated alkanes) is 5. The second-order valence-corrected chi connectivity index (χ2v) is 5.16. The summed E-state index contributed by atoms with van der Waals surface area (Å²) in [6.07, 6.45) is 9.09. The molecule has 0 amide bonds. The second kappa shape index (κ2) is 10.9. The molecular formula is C17H30N2. The van der Waals surface area contributed by atoms with Crippen molar-refractivity contribution < 1.29 is 0 Å². The van der Waals surface area contributed by atoms with E-state index in [2.05, 4.69) is 54.6 Å². The Balaban J connectivity index is 2.39. The number of nitrogens with zero attached hydrogens (tertiary/aromatic N) is 1. The summed E-state index contributed by atoms with van der Waals surface area (Å²) >= 11 is 0. The standard InChI is InChI=1S/C17H30N2/c1-3-5-7-12-16-19(18-15-11-6-4-2)17-13-9-8-10-14-17/h8-10,13-14,18H,3-7,11-12,15-16H2,1-2H3. The number of rotatable bonds is 11. The number of anilines is 1. The fraction of sp³-hybridized carbons (Fsp3) is 0.647. The Kier molecular flexibility index (Phi) is 9.17. The van der Waals surface area contributed by atoms with Crippen molar-refractivity contribution in [1.29, 1.82) is 0 Å². The van der Waals surface area contributed by atoms with Crippen LogP contribution in [-0.2, 0) is 0 Å². The maximum atomic E-state index is 3.58. The SMILES string of the molecule is CCCCCCN(NCCCCC)c1ccccc1. The molecule has 0 aromatic heterocycles. The summed E-state index contributed by atoms with van der Waals surface area (Å²) < 4.78 is 0.